The van der Waals surface area contributed by atoms with Crippen molar-refractivity contribution in [3.63, 3.8) is 0 Å². The maximum atomic E-state index is 12.5. The first kappa shape index (κ1) is 14.5. The topological polar surface area (TPSA) is 44.9 Å². The normalized spacial score (nSPS) is 16.7. The van der Waals surface area contributed by atoms with E-state index in [4.69, 9.17) is 0 Å². The summed E-state index contributed by atoms with van der Waals surface area (Å²) in [6.45, 7) is 0.724. The van der Waals surface area contributed by atoms with Crippen molar-refractivity contribution in [3.8, 4) is 0 Å². The molecule has 1 aliphatic carbocycles. The van der Waals surface area contributed by atoms with Gasteiger partial charge in [-0.15, -0.1) is 11.3 Å². The molecule has 0 saturated heterocycles. The molecule has 0 spiro atoms. The molecule has 2 heterocycles. The van der Waals surface area contributed by atoms with Crippen molar-refractivity contribution in [2.24, 2.45) is 0 Å². The highest BCUT2D eigenvalue weighted by molar-refractivity contribution is 7.10. The summed E-state index contributed by atoms with van der Waals surface area (Å²) in [4.78, 5) is 17.2. The first-order chi connectivity index (χ1) is 11.3. The third kappa shape index (κ3) is 2.68. The second-order valence-corrected chi connectivity index (χ2v) is 7.37. The lowest BCUT2D eigenvalue weighted by Gasteiger charge is -2.28. The van der Waals surface area contributed by atoms with Gasteiger partial charge in [0.15, 0.2) is 0 Å². The molecule has 0 unspecified atom stereocenters. The smallest absolute Gasteiger partial charge is 0.267 e. The predicted octanol–water partition coefficient (Wildman–Crippen LogP) is 4.47. The Morgan fingerprint density at radius 2 is 2.00 bits per heavy atom. The number of rotatable bonds is 4. The summed E-state index contributed by atoms with van der Waals surface area (Å²) in [6, 6.07) is 14.2. The Balaban J connectivity index is 1.52. The molecule has 1 amide bonds. The van der Waals surface area contributed by atoms with Crippen LogP contribution in [0.2, 0.25) is 0 Å². The van der Waals surface area contributed by atoms with E-state index in [1.807, 2.05) is 41.7 Å². The van der Waals surface area contributed by atoms with E-state index in [9.17, 15) is 4.79 Å². The molecule has 1 aromatic carbocycles. The van der Waals surface area contributed by atoms with E-state index < -0.39 is 0 Å². The van der Waals surface area contributed by atoms with Crippen LogP contribution in [0.25, 0.3) is 10.9 Å². The Morgan fingerprint density at radius 3 is 2.74 bits per heavy atom. The second kappa shape index (κ2) is 5.85. The Morgan fingerprint density at radius 1 is 1.17 bits per heavy atom. The molecule has 4 heteroatoms. The van der Waals surface area contributed by atoms with Gasteiger partial charge in [-0.05, 0) is 36.4 Å². The van der Waals surface area contributed by atoms with Crippen LogP contribution in [-0.2, 0) is 5.41 Å². The lowest BCUT2D eigenvalue weighted by Crippen LogP contribution is -2.38. The number of carbonyl (C=O) groups excluding carboxylic acids is 1. The van der Waals surface area contributed by atoms with E-state index in [0.29, 0.717) is 5.69 Å². The van der Waals surface area contributed by atoms with Crippen LogP contribution in [0.3, 0.4) is 0 Å². The van der Waals surface area contributed by atoms with Crippen molar-refractivity contribution in [2.75, 3.05) is 6.54 Å². The predicted molar refractivity (Wildman–Crippen MR) is 95.1 cm³/mol. The first-order valence-corrected chi connectivity index (χ1v) is 9.05. The van der Waals surface area contributed by atoms with Crippen molar-refractivity contribution in [1.82, 2.24) is 10.3 Å². The number of aromatic nitrogens is 1. The highest BCUT2D eigenvalue weighted by atomic mass is 32.1. The number of benzene rings is 1. The average molecular weight is 324 g/mol. The fraction of sp³-hybridized carbons (Fsp3) is 0.316. The van der Waals surface area contributed by atoms with Gasteiger partial charge in [0, 0.05) is 27.7 Å². The maximum absolute atomic E-state index is 12.5. The molecule has 4 rings (SSSR count). The summed E-state index contributed by atoms with van der Waals surface area (Å²) < 4.78 is 0. The molecule has 0 radical (unpaired) electrons. The summed E-state index contributed by atoms with van der Waals surface area (Å²) in [5, 5.41) is 6.38. The van der Waals surface area contributed by atoms with E-state index in [0.717, 1.165) is 17.4 Å². The second-order valence-electron chi connectivity index (χ2n) is 6.42. The molecule has 23 heavy (non-hydrogen) atoms. The number of carbonyl (C=O) groups is 1. The average Bonchev–Trinajstić information content (AvgIpc) is 3.32. The van der Waals surface area contributed by atoms with E-state index in [1.54, 1.807) is 0 Å². The molecule has 118 valence electrons. The molecule has 2 aromatic heterocycles. The van der Waals surface area contributed by atoms with Crippen LogP contribution in [0.1, 0.15) is 41.0 Å². The fourth-order valence-corrected chi connectivity index (χ4v) is 4.67. The highest BCUT2D eigenvalue weighted by Gasteiger charge is 2.36. The summed E-state index contributed by atoms with van der Waals surface area (Å²) >= 11 is 1.81. The quantitative estimate of drug-likeness (QED) is 0.730. The number of thiophene rings is 1. The number of hydrogen-bond donors (Lipinski definition) is 2. The summed E-state index contributed by atoms with van der Waals surface area (Å²) in [5.41, 5.74) is 1.78. The molecular weight excluding hydrogens is 304 g/mol. The summed E-state index contributed by atoms with van der Waals surface area (Å²) in [5.74, 6) is -0.0102. The highest BCUT2D eigenvalue weighted by Crippen LogP contribution is 2.42. The number of aromatic amines is 1. The molecule has 1 saturated carbocycles. The van der Waals surface area contributed by atoms with Crippen LogP contribution >= 0.6 is 11.3 Å². The van der Waals surface area contributed by atoms with Gasteiger partial charge >= 0.3 is 0 Å². The van der Waals surface area contributed by atoms with E-state index in [1.165, 1.54) is 30.6 Å². The van der Waals surface area contributed by atoms with Crippen molar-refractivity contribution in [3.05, 3.63) is 58.4 Å². The van der Waals surface area contributed by atoms with Gasteiger partial charge in [0.05, 0.1) is 0 Å². The number of H-pyrrole nitrogens is 1. The minimum atomic E-state index is -0.0102. The van der Waals surface area contributed by atoms with E-state index in [2.05, 4.69) is 27.8 Å². The minimum absolute atomic E-state index is 0.0102. The number of amides is 1. The molecule has 1 fully saturated rings. The van der Waals surface area contributed by atoms with Crippen LogP contribution in [0.4, 0.5) is 0 Å². The minimum Gasteiger partial charge on any atom is -0.351 e. The fourth-order valence-electron chi connectivity index (χ4n) is 3.68. The largest absolute Gasteiger partial charge is 0.351 e. The van der Waals surface area contributed by atoms with Gasteiger partial charge in [0.2, 0.25) is 0 Å². The molecular formula is C19H20N2OS. The molecule has 3 nitrogen and oxygen atoms in total. The van der Waals surface area contributed by atoms with Gasteiger partial charge in [-0.2, -0.15) is 0 Å². The Bertz CT molecular complexity index is 780. The van der Waals surface area contributed by atoms with Gasteiger partial charge in [0.1, 0.15) is 5.69 Å². The maximum Gasteiger partial charge on any atom is 0.267 e. The zero-order valence-electron chi connectivity index (χ0n) is 13.0. The van der Waals surface area contributed by atoms with Gasteiger partial charge in [-0.3, -0.25) is 4.79 Å². The lowest BCUT2D eigenvalue weighted by atomic mass is 9.84. The van der Waals surface area contributed by atoms with Crippen molar-refractivity contribution >= 4 is 28.1 Å². The molecule has 0 atom stereocenters. The Kier molecular flexibility index (Phi) is 3.69. The number of fused-ring (bicyclic) bond motifs is 1. The van der Waals surface area contributed by atoms with E-state index >= 15 is 0 Å². The van der Waals surface area contributed by atoms with Gasteiger partial charge in [-0.1, -0.05) is 37.1 Å². The van der Waals surface area contributed by atoms with Crippen LogP contribution in [0, 0.1) is 0 Å². The zero-order valence-corrected chi connectivity index (χ0v) is 13.8. The number of para-hydroxylation sites is 1. The summed E-state index contributed by atoms with van der Waals surface area (Å²) in [7, 11) is 0. The van der Waals surface area contributed by atoms with Crippen molar-refractivity contribution < 1.29 is 4.79 Å². The number of hydrogen-bond acceptors (Lipinski definition) is 2. The van der Waals surface area contributed by atoms with Crippen LogP contribution < -0.4 is 5.32 Å². The molecule has 1 aliphatic rings. The van der Waals surface area contributed by atoms with Gasteiger partial charge in [0.25, 0.3) is 5.91 Å². The standard InChI is InChI=1S/C19H20N2OS/c22-18(16-12-14-6-1-2-7-15(14)21-16)20-13-19(9-3-4-10-19)17-8-5-11-23-17/h1-2,5-8,11-12,21H,3-4,9-10,13H2,(H,20,22). The first-order valence-electron chi connectivity index (χ1n) is 8.17. The summed E-state index contributed by atoms with van der Waals surface area (Å²) in [6.07, 6.45) is 4.83. The number of nitrogens with one attached hydrogen (secondary N) is 2. The van der Waals surface area contributed by atoms with Crippen LogP contribution in [0.5, 0.6) is 0 Å². The van der Waals surface area contributed by atoms with E-state index in [-0.39, 0.29) is 11.3 Å². The SMILES string of the molecule is O=C(NCC1(c2cccs2)CCCC1)c1cc2ccccc2[nH]1. The zero-order chi connectivity index (χ0) is 15.7. The van der Waals surface area contributed by atoms with Crippen molar-refractivity contribution in [1.29, 1.82) is 0 Å². The van der Waals surface area contributed by atoms with Crippen LogP contribution in [-0.4, -0.2) is 17.4 Å². The lowest BCUT2D eigenvalue weighted by molar-refractivity contribution is 0.0939. The van der Waals surface area contributed by atoms with Crippen LogP contribution in [0.15, 0.2) is 47.8 Å². The third-order valence-electron chi connectivity index (χ3n) is 4.97. The Labute approximate surface area is 139 Å². The molecule has 0 aliphatic heterocycles. The van der Waals surface area contributed by atoms with Gasteiger partial charge in [-0.25, -0.2) is 0 Å². The third-order valence-corrected chi connectivity index (χ3v) is 6.08. The molecule has 2 N–H and O–H groups in total. The monoisotopic (exact) mass is 324 g/mol. The van der Waals surface area contributed by atoms with Crippen molar-refractivity contribution in [2.45, 2.75) is 31.1 Å². The molecule has 0 bridgehead atoms. The Hall–Kier alpha value is -2.07. The van der Waals surface area contributed by atoms with Gasteiger partial charge < -0.3 is 10.3 Å². The molecule has 3 aromatic rings.